The van der Waals surface area contributed by atoms with Crippen LogP contribution in [0.2, 0.25) is 5.02 Å². The van der Waals surface area contributed by atoms with Crippen molar-refractivity contribution in [3.05, 3.63) is 81.4 Å². The summed E-state index contributed by atoms with van der Waals surface area (Å²) in [5.74, 6) is -0.484. The van der Waals surface area contributed by atoms with Crippen molar-refractivity contribution in [2.45, 2.75) is 6.92 Å². The highest BCUT2D eigenvalue weighted by atomic mass is 35.5. The van der Waals surface area contributed by atoms with E-state index in [-0.39, 0.29) is 11.5 Å². The van der Waals surface area contributed by atoms with Gasteiger partial charge < -0.3 is 14.8 Å². The minimum absolute atomic E-state index is 0.144. The molecule has 0 aliphatic carbocycles. The molecule has 1 amide bonds. The number of aromatic carboxylic acids is 1. The van der Waals surface area contributed by atoms with Gasteiger partial charge in [0.15, 0.2) is 5.17 Å². The number of carbonyl (C=O) groups excluding carboxylic acids is 1. The first-order valence-corrected chi connectivity index (χ1v) is 10.1. The van der Waals surface area contributed by atoms with Crippen molar-refractivity contribution in [1.29, 1.82) is 0 Å². The number of nitrogens with one attached hydrogen (secondary N) is 1. The highest BCUT2D eigenvalue weighted by molar-refractivity contribution is 8.18. The predicted octanol–water partition coefficient (Wildman–Crippen LogP) is 5.50. The monoisotopic (exact) mass is 438 g/mol. The van der Waals surface area contributed by atoms with Gasteiger partial charge in [-0.2, -0.15) is 0 Å². The fourth-order valence-electron chi connectivity index (χ4n) is 2.90. The summed E-state index contributed by atoms with van der Waals surface area (Å²) in [6.45, 7) is 1.86. The van der Waals surface area contributed by atoms with Gasteiger partial charge in [-0.05, 0) is 54.6 Å². The summed E-state index contributed by atoms with van der Waals surface area (Å²) in [6, 6.07) is 15.3. The lowest BCUT2D eigenvalue weighted by Gasteiger charge is -2.02. The van der Waals surface area contributed by atoms with Crippen LogP contribution in [0.15, 0.2) is 68.9 Å². The Labute approximate surface area is 181 Å². The second-order valence-electron chi connectivity index (χ2n) is 6.42. The molecule has 1 fully saturated rings. The number of nitrogens with zero attached hydrogens (tertiary/aromatic N) is 1. The summed E-state index contributed by atoms with van der Waals surface area (Å²) < 4.78 is 5.77. The third-order valence-corrected chi connectivity index (χ3v) is 5.75. The number of furan rings is 1. The summed E-state index contributed by atoms with van der Waals surface area (Å²) in [6.07, 6.45) is 1.60. The van der Waals surface area contributed by atoms with Crippen LogP contribution in [0.1, 0.15) is 21.7 Å². The normalized spacial score (nSPS) is 16.3. The smallest absolute Gasteiger partial charge is 0.336 e. The summed E-state index contributed by atoms with van der Waals surface area (Å²) in [4.78, 5) is 28.6. The Morgan fingerprint density at radius 2 is 1.97 bits per heavy atom. The maximum atomic E-state index is 12.3. The van der Waals surface area contributed by atoms with Gasteiger partial charge in [0.25, 0.3) is 5.91 Å². The van der Waals surface area contributed by atoms with Gasteiger partial charge in [0, 0.05) is 16.7 Å². The van der Waals surface area contributed by atoms with Gasteiger partial charge in [0.2, 0.25) is 0 Å². The molecule has 1 saturated heterocycles. The Hall–Kier alpha value is -3.29. The maximum absolute atomic E-state index is 12.3. The summed E-state index contributed by atoms with van der Waals surface area (Å²) >= 11 is 7.31. The van der Waals surface area contributed by atoms with Gasteiger partial charge in [-0.3, -0.25) is 4.79 Å². The number of carbonyl (C=O) groups is 2. The molecule has 0 unspecified atom stereocenters. The molecule has 8 heteroatoms. The first kappa shape index (κ1) is 20.0. The minimum atomic E-state index is -1.04. The zero-order valence-electron chi connectivity index (χ0n) is 15.7. The molecule has 4 rings (SSSR count). The lowest BCUT2D eigenvalue weighted by molar-refractivity contribution is -0.115. The molecule has 1 aromatic heterocycles. The summed E-state index contributed by atoms with van der Waals surface area (Å²) in [5.41, 5.74) is 2.12. The molecule has 1 aliphatic rings. The first-order valence-electron chi connectivity index (χ1n) is 8.89. The molecule has 2 N–H and O–H groups in total. The van der Waals surface area contributed by atoms with E-state index in [2.05, 4.69) is 10.3 Å². The number of carboxylic acids is 1. The van der Waals surface area contributed by atoms with Crippen LogP contribution in [0.3, 0.4) is 0 Å². The van der Waals surface area contributed by atoms with Crippen molar-refractivity contribution in [2.75, 3.05) is 0 Å². The third kappa shape index (κ3) is 4.03. The second kappa shape index (κ2) is 8.22. The molecule has 0 atom stereocenters. The Bertz CT molecular complexity index is 1230. The van der Waals surface area contributed by atoms with Crippen LogP contribution in [-0.4, -0.2) is 22.2 Å². The van der Waals surface area contributed by atoms with E-state index in [1.54, 1.807) is 48.5 Å². The largest absolute Gasteiger partial charge is 0.478 e. The lowest BCUT2D eigenvalue weighted by atomic mass is 10.1. The number of hydrogen-bond donors (Lipinski definition) is 2. The molecule has 0 bridgehead atoms. The SMILES string of the molecule is Cc1c(Cl)cccc1N=C1NC(=O)/C(=C/c2ccc(-c3ccccc3C(=O)O)o2)S1. The molecular formula is C22H15ClN2O4S. The molecule has 2 heterocycles. The third-order valence-electron chi connectivity index (χ3n) is 4.44. The number of hydrogen-bond acceptors (Lipinski definition) is 5. The van der Waals surface area contributed by atoms with Gasteiger partial charge in [-0.25, -0.2) is 9.79 Å². The molecule has 2 aromatic carbocycles. The Kier molecular flexibility index (Phi) is 5.48. The summed E-state index contributed by atoms with van der Waals surface area (Å²) in [7, 11) is 0. The van der Waals surface area contributed by atoms with E-state index in [9.17, 15) is 14.7 Å². The maximum Gasteiger partial charge on any atom is 0.336 e. The van der Waals surface area contributed by atoms with Crippen molar-refractivity contribution in [1.82, 2.24) is 5.32 Å². The highest BCUT2D eigenvalue weighted by Crippen LogP contribution is 2.32. The standard InChI is InChI=1S/C22H15ClN2O4S/c1-12-16(23)7-4-8-17(12)24-22-25-20(26)19(30-22)11-13-9-10-18(29-13)14-5-2-3-6-15(14)21(27)28/h2-11H,1H3,(H,27,28)(H,24,25,26)/b19-11-. The Balaban J connectivity index is 1.60. The fraction of sp³-hybridized carbons (Fsp3) is 0.0455. The van der Waals surface area contributed by atoms with E-state index in [1.165, 1.54) is 17.8 Å². The van der Waals surface area contributed by atoms with Crippen LogP contribution < -0.4 is 5.32 Å². The quantitative estimate of drug-likeness (QED) is 0.525. The molecule has 150 valence electrons. The molecule has 0 saturated carbocycles. The van der Waals surface area contributed by atoms with Gasteiger partial charge in [0.05, 0.1) is 16.2 Å². The first-order chi connectivity index (χ1) is 14.4. The Morgan fingerprint density at radius 3 is 2.77 bits per heavy atom. The molecule has 6 nitrogen and oxygen atoms in total. The second-order valence-corrected chi connectivity index (χ2v) is 7.86. The van der Waals surface area contributed by atoms with E-state index in [4.69, 9.17) is 16.0 Å². The van der Waals surface area contributed by atoms with E-state index < -0.39 is 5.97 Å². The van der Waals surface area contributed by atoms with Crippen LogP contribution in [0, 0.1) is 6.92 Å². The zero-order valence-corrected chi connectivity index (χ0v) is 17.3. The fourth-order valence-corrected chi connectivity index (χ4v) is 3.88. The number of benzene rings is 2. The summed E-state index contributed by atoms with van der Waals surface area (Å²) in [5, 5.41) is 13.1. The van der Waals surface area contributed by atoms with E-state index >= 15 is 0 Å². The molecule has 1 aliphatic heterocycles. The average Bonchev–Trinajstić information content (AvgIpc) is 3.32. The van der Waals surface area contributed by atoms with Crippen LogP contribution in [0.5, 0.6) is 0 Å². The van der Waals surface area contributed by atoms with E-state index in [1.807, 2.05) is 13.0 Å². The minimum Gasteiger partial charge on any atom is -0.478 e. The highest BCUT2D eigenvalue weighted by Gasteiger charge is 2.25. The van der Waals surface area contributed by atoms with Crippen molar-refractivity contribution in [2.24, 2.45) is 4.99 Å². The van der Waals surface area contributed by atoms with E-state index in [0.29, 0.717) is 37.9 Å². The van der Waals surface area contributed by atoms with Crippen LogP contribution >= 0.6 is 23.4 Å². The van der Waals surface area contributed by atoms with Gasteiger partial charge in [-0.15, -0.1) is 0 Å². The van der Waals surface area contributed by atoms with Crippen molar-refractivity contribution >= 4 is 52.2 Å². The predicted molar refractivity (Wildman–Crippen MR) is 118 cm³/mol. The molecular weight excluding hydrogens is 424 g/mol. The number of halogens is 1. The number of thioether (sulfide) groups is 1. The van der Waals surface area contributed by atoms with Gasteiger partial charge in [0.1, 0.15) is 11.5 Å². The van der Waals surface area contributed by atoms with Crippen LogP contribution in [0.4, 0.5) is 5.69 Å². The number of amides is 1. The molecule has 30 heavy (non-hydrogen) atoms. The zero-order chi connectivity index (χ0) is 21.3. The molecule has 0 spiro atoms. The number of carboxylic acid groups (broad SMARTS) is 1. The lowest BCUT2D eigenvalue weighted by Crippen LogP contribution is -2.19. The van der Waals surface area contributed by atoms with Crippen molar-refractivity contribution in [3.8, 4) is 11.3 Å². The average molecular weight is 439 g/mol. The van der Waals surface area contributed by atoms with Gasteiger partial charge in [-0.1, -0.05) is 35.9 Å². The van der Waals surface area contributed by atoms with Gasteiger partial charge >= 0.3 is 5.97 Å². The molecule has 0 radical (unpaired) electrons. The van der Waals surface area contributed by atoms with Crippen LogP contribution in [0.25, 0.3) is 17.4 Å². The van der Waals surface area contributed by atoms with E-state index in [0.717, 1.165) is 5.56 Å². The number of amidine groups is 1. The number of rotatable bonds is 4. The van der Waals surface area contributed by atoms with Crippen LogP contribution in [-0.2, 0) is 4.79 Å². The van der Waals surface area contributed by atoms with Crippen molar-refractivity contribution < 1.29 is 19.1 Å². The molecule has 3 aromatic rings. The Morgan fingerprint density at radius 1 is 1.17 bits per heavy atom. The topological polar surface area (TPSA) is 91.9 Å². The number of aliphatic imine (C=N–C) groups is 1. The van der Waals surface area contributed by atoms with Crippen molar-refractivity contribution in [3.63, 3.8) is 0 Å².